The summed E-state index contributed by atoms with van der Waals surface area (Å²) in [4.78, 5) is 2.58. The SMILES string of the molecule is COC[C@H]1CN(C[C@@H]2C[C@H]3C=C[C@H]2C3)CCO1. The molecule has 0 aromatic heterocycles. The van der Waals surface area contributed by atoms with Gasteiger partial charge in [0, 0.05) is 26.7 Å². The van der Waals surface area contributed by atoms with Crippen molar-refractivity contribution in [1.82, 2.24) is 4.90 Å². The predicted molar refractivity (Wildman–Crippen MR) is 66.9 cm³/mol. The zero-order chi connectivity index (χ0) is 11.7. The van der Waals surface area contributed by atoms with Crippen LogP contribution in [0.4, 0.5) is 0 Å². The Balaban J connectivity index is 1.50. The molecule has 0 N–H and O–H groups in total. The Kier molecular flexibility index (Phi) is 3.50. The maximum absolute atomic E-state index is 5.69. The van der Waals surface area contributed by atoms with E-state index in [9.17, 15) is 0 Å². The summed E-state index contributed by atoms with van der Waals surface area (Å²) < 4.78 is 10.9. The van der Waals surface area contributed by atoms with E-state index in [1.807, 2.05) is 0 Å². The molecule has 0 aromatic rings. The van der Waals surface area contributed by atoms with Gasteiger partial charge in [0.15, 0.2) is 0 Å². The maximum atomic E-state index is 5.69. The van der Waals surface area contributed by atoms with Gasteiger partial charge in [-0.1, -0.05) is 12.2 Å². The first-order valence-electron chi connectivity index (χ1n) is 6.86. The van der Waals surface area contributed by atoms with Crippen LogP contribution in [0.2, 0.25) is 0 Å². The first-order valence-corrected chi connectivity index (χ1v) is 6.86. The molecule has 3 rings (SSSR count). The van der Waals surface area contributed by atoms with Crippen molar-refractivity contribution in [3.8, 4) is 0 Å². The number of ether oxygens (including phenoxy) is 2. The molecule has 96 valence electrons. The van der Waals surface area contributed by atoms with Crippen molar-refractivity contribution in [3.05, 3.63) is 12.2 Å². The fourth-order valence-corrected chi connectivity index (χ4v) is 3.67. The molecule has 0 unspecified atom stereocenters. The molecule has 1 saturated heterocycles. The number of fused-ring (bicyclic) bond motifs is 2. The number of hydrogen-bond acceptors (Lipinski definition) is 3. The standard InChI is InChI=1S/C14H23NO2/c1-16-10-14-9-15(4-5-17-14)8-13-7-11-2-3-12(13)6-11/h2-3,11-14H,4-10H2,1H3/t11-,12-,13-,14+/m0/s1. The van der Waals surface area contributed by atoms with E-state index < -0.39 is 0 Å². The molecule has 3 aliphatic rings. The van der Waals surface area contributed by atoms with Crippen molar-refractivity contribution in [3.63, 3.8) is 0 Å². The van der Waals surface area contributed by atoms with Gasteiger partial charge < -0.3 is 9.47 Å². The van der Waals surface area contributed by atoms with Crippen LogP contribution in [0.25, 0.3) is 0 Å². The van der Waals surface area contributed by atoms with Crippen LogP contribution in [-0.4, -0.2) is 51.0 Å². The number of hydrogen-bond donors (Lipinski definition) is 0. The minimum absolute atomic E-state index is 0.280. The first-order chi connectivity index (χ1) is 8.35. The average Bonchev–Trinajstić information content (AvgIpc) is 2.92. The van der Waals surface area contributed by atoms with Gasteiger partial charge >= 0.3 is 0 Å². The summed E-state index contributed by atoms with van der Waals surface area (Å²) in [5, 5.41) is 0. The zero-order valence-electron chi connectivity index (χ0n) is 10.7. The quantitative estimate of drug-likeness (QED) is 0.692. The van der Waals surface area contributed by atoms with E-state index in [0.29, 0.717) is 0 Å². The van der Waals surface area contributed by atoms with Crippen LogP contribution in [0, 0.1) is 17.8 Å². The summed E-state index contributed by atoms with van der Waals surface area (Å²) in [5.74, 6) is 2.65. The number of morpholine rings is 1. The zero-order valence-corrected chi connectivity index (χ0v) is 10.7. The lowest BCUT2D eigenvalue weighted by Gasteiger charge is -2.35. The lowest BCUT2D eigenvalue weighted by atomic mass is 9.93. The molecule has 3 nitrogen and oxygen atoms in total. The van der Waals surface area contributed by atoms with Gasteiger partial charge in [0.2, 0.25) is 0 Å². The van der Waals surface area contributed by atoms with Crippen molar-refractivity contribution in [2.75, 3.05) is 40.0 Å². The Hall–Kier alpha value is -0.380. The highest BCUT2D eigenvalue weighted by molar-refractivity contribution is 5.10. The van der Waals surface area contributed by atoms with Crippen molar-refractivity contribution >= 4 is 0 Å². The number of methoxy groups -OCH3 is 1. The topological polar surface area (TPSA) is 21.7 Å². The molecule has 2 fully saturated rings. The molecule has 1 aliphatic heterocycles. The van der Waals surface area contributed by atoms with Gasteiger partial charge in [-0.05, 0) is 30.6 Å². The number of rotatable bonds is 4. The van der Waals surface area contributed by atoms with E-state index in [-0.39, 0.29) is 6.10 Å². The van der Waals surface area contributed by atoms with Gasteiger partial charge in [-0.3, -0.25) is 4.90 Å². The second-order valence-corrected chi connectivity index (χ2v) is 5.75. The second kappa shape index (κ2) is 5.09. The predicted octanol–water partition coefficient (Wildman–Crippen LogP) is 1.55. The van der Waals surface area contributed by atoms with Crippen LogP contribution in [0.3, 0.4) is 0 Å². The molecule has 0 spiro atoms. The Labute approximate surface area is 104 Å². The van der Waals surface area contributed by atoms with Crippen LogP contribution in [-0.2, 0) is 9.47 Å². The molecule has 0 radical (unpaired) electrons. The van der Waals surface area contributed by atoms with E-state index >= 15 is 0 Å². The lowest BCUT2D eigenvalue weighted by molar-refractivity contribution is -0.0647. The molecule has 17 heavy (non-hydrogen) atoms. The summed E-state index contributed by atoms with van der Waals surface area (Å²) in [7, 11) is 1.75. The molecular weight excluding hydrogens is 214 g/mol. The highest BCUT2D eigenvalue weighted by atomic mass is 16.5. The first kappa shape index (κ1) is 11.7. The van der Waals surface area contributed by atoms with Crippen molar-refractivity contribution in [2.45, 2.75) is 18.9 Å². The van der Waals surface area contributed by atoms with Crippen molar-refractivity contribution in [2.24, 2.45) is 17.8 Å². The Morgan fingerprint density at radius 3 is 3.00 bits per heavy atom. The van der Waals surface area contributed by atoms with E-state index in [4.69, 9.17) is 9.47 Å². The van der Waals surface area contributed by atoms with Crippen LogP contribution in [0.15, 0.2) is 12.2 Å². The minimum Gasteiger partial charge on any atom is -0.382 e. The van der Waals surface area contributed by atoms with Crippen molar-refractivity contribution < 1.29 is 9.47 Å². The van der Waals surface area contributed by atoms with Crippen LogP contribution < -0.4 is 0 Å². The van der Waals surface area contributed by atoms with E-state index in [1.165, 1.54) is 19.4 Å². The molecule has 4 atom stereocenters. The molecule has 1 heterocycles. The third-order valence-electron chi connectivity index (χ3n) is 4.48. The van der Waals surface area contributed by atoms with Gasteiger partial charge in [-0.15, -0.1) is 0 Å². The normalized spacial score (nSPS) is 41.2. The number of allylic oxidation sites excluding steroid dienone is 2. The fourth-order valence-electron chi connectivity index (χ4n) is 3.67. The summed E-state index contributed by atoms with van der Waals surface area (Å²) in [6.45, 7) is 5.00. The van der Waals surface area contributed by atoms with Gasteiger partial charge in [-0.25, -0.2) is 0 Å². The third kappa shape index (κ3) is 2.56. The van der Waals surface area contributed by atoms with Crippen LogP contribution in [0.5, 0.6) is 0 Å². The molecule has 0 aromatic carbocycles. The summed E-state index contributed by atoms with van der Waals surface area (Å²) in [6.07, 6.45) is 7.98. The van der Waals surface area contributed by atoms with Crippen molar-refractivity contribution in [1.29, 1.82) is 0 Å². The van der Waals surface area contributed by atoms with Gasteiger partial charge in [0.05, 0.1) is 19.3 Å². The summed E-state index contributed by atoms with van der Waals surface area (Å²) in [6, 6.07) is 0. The minimum atomic E-state index is 0.280. The fraction of sp³-hybridized carbons (Fsp3) is 0.857. The Morgan fingerprint density at radius 2 is 2.29 bits per heavy atom. The third-order valence-corrected chi connectivity index (χ3v) is 4.48. The molecule has 2 aliphatic carbocycles. The van der Waals surface area contributed by atoms with Crippen LogP contribution >= 0.6 is 0 Å². The smallest absolute Gasteiger partial charge is 0.0935 e. The molecule has 0 amide bonds. The van der Waals surface area contributed by atoms with E-state index in [2.05, 4.69) is 17.1 Å². The van der Waals surface area contributed by atoms with Gasteiger partial charge in [-0.2, -0.15) is 0 Å². The second-order valence-electron chi connectivity index (χ2n) is 5.75. The average molecular weight is 237 g/mol. The lowest BCUT2D eigenvalue weighted by Crippen LogP contribution is -2.46. The maximum Gasteiger partial charge on any atom is 0.0935 e. The number of nitrogens with zero attached hydrogens (tertiary/aromatic N) is 1. The van der Waals surface area contributed by atoms with Gasteiger partial charge in [0.25, 0.3) is 0 Å². The Bertz CT molecular complexity index is 290. The highest BCUT2D eigenvalue weighted by Crippen LogP contribution is 2.43. The highest BCUT2D eigenvalue weighted by Gasteiger charge is 2.36. The summed E-state index contributed by atoms with van der Waals surface area (Å²) in [5.41, 5.74) is 0. The molecule has 2 bridgehead atoms. The molecule has 1 saturated carbocycles. The van der Waals surface area contributed by atoms with Gasteiger partial charge in [0.1, 0.15) is 0 Å². The van der Waals surface area contributed by atoms with E-state index in [1.54, 1.807) is 7.11 Å². The molecule has 3 heteroatoms. The summed E-state index contributed by atoms with van der Waals surface area (Å²) >= 11 is 0. The van der Waals surface area contributed by atoms with Crippen LogP contribution in [0.1, 0.15) is 12.8 Å². The van der Waals surface area contributed by atoms with E-state index in [0.717, 1.165) is 44.1 Å². The Morgan fingerprint density at radius 1 is 1.35 bits per heavy atom. The molecular formula is C14H23NO2. The largest absolute Gasteiger partial charge is 0.382 e. The monoisotopic (exact) mass is 237 g/mol.